The Hall–Kier alpha value is -1.64. The van der Waals surface area contributed by atoms with Crippen molar-refractivity contribution in [1.82, 2.24) is 4.31 Å². The summed E-state index contributed by atoms with van der Waals surface area (Å²) in [5.41, 5.74) is 5.29. The third-order valence-corrected chi connectivity index (χ3v) is 4.31. The summed E-state index contributed by atoms with van der Waals surface area (Å²) >= 11 is 0. The zero-order valence-corrected chi connectivity index (χ0v) is 11.4. The van der Waals surface area contributed by atoms with Gasteiger partial charge in [0.1, 0.15) is 0 Å². The second-order valence-electron chi connectivity index (χ2n) is 4.20. The topological polar surface area (TPSA) is 121 Å². The number of likely N-dealkylation sites (N-methyl/N-ethyl adjacent to an activating group) is 1. The number of aliphatic hydroxyl groups is 1. The number of aliphatic hydroxyl groups excluding tert-OH is 1. The van der Waals surface area contributed by atoms with Crippen LogP contribution in [-0.4, -0.2) is 48.6 Å². The number of carboxylic acid groups (broad SMARTS) is 1. The number of carboxylic acids is 1. The maximum atomic E-state index is 12.2. The van der Waals surface area contributed by atoms with Gasteiger partial charge in [-0.2, -0.15) is 4.31 Å². The number of anilines is 1. The number of hydrogen-bond acceptors (Lipinski definition) is 5. The lowest BCUT2D eigenvalue weighted by atomic mass is 10.2. The zero-order chi connectivity index (χ0) is 14.8. The van der Waals surface area contributed by atoms with E-state index in [1.54, 1.807) is 0 Å². The van der Waals surface area contributed by atoms with Gasteiger partial charge in [-0.1, -0.05) is 0 Å². The highest BCUT2D eigenvalue weighted by Gasteiger charge is 2.27. The summed E-state index contributed by atoms with van der Waals surface area (Å²) in [5.74, 6) is -1.36. The van der Waals surface area contributed by atoms with E-state index < -0.39 is 22.1 Å². The minimum absolute atomic E-state index is 0.143. The van der Waals surface area contributed by atoms with Crippen LogP contribution >= 0.6 is 0 Å². The van der Waals surface area contributed by atoms with Crippen LogP contribution in [0.5, 0.6) is 0 Å². The maximum absolute atomic E-state index is 12.2. The second-order valence-corrected chi connectivity index (χ2v) is 6.21. The average Bonchev–Trinajstić information content (AvgIpc) is 2.27. The Labute approximate surface area is 111 Å². The average molecular weight is 288 g/mol. The van der Waals surface area contributed by atoms with Gasteiger partial charge in [0.2, 0.25) is 10.0 Å². The molecule has 0 aliphatic rings. The van der Waals surface area contributed by atoms with Crippen molar-refractivity contribution in [2.24, 2.45) is 0 Å². The number of benzene rings is 1. The van der Waals surface area contributed by atoms with E-state index in [1.807, 2.05) is 0 Å². The maximum Gasteiger partial charge on any atom is 0.337 e. The summed E-state index contributed by atoms with van der Waals surface area (Å²) < 4.78 is 25.4. The van der Waals surface area contributed by atoms with Crippen molar-refractivity contribution >= 4 is 21.7 Å². The minimum Gasteiger partial charge on any atom is -0.478 e. The number of nitrogens with zero attached hydrogens (tertiary/aromatic N) is 1. The van der Waals surface area contributed by atoms with Gasteiger partial charge in [-0.05, 0) is 25.1 Å². The molecule has 0 aromatic heterocycles. The van der Waals surface area contributed by atoms with Gasteiger partial charge in [0, 0.05) is 19.3 Å². The fraction of sp³-hybridized carbons (Fsp3) is 0.364. The molecular formula is C11H16N2O5S. The van der Waals surface area contributed by atoms with Crippen molar-refractivity contribution in [3.63, 3.8) is 0 Å². The van der Waals surface area contributed by atoms with E-state index in [2.05, 4.69) is 0 Å². The molecule has 0 aliphatic carbocycles. The van der Waals surface area contributed by atoms with Crippen LogP contribution in [-0.2, 0) is 10.0 Å². The van der Waals surface area contributed by atoms with Gasteiger partial charge in [0.05, 0.1) is 16.6 Å². The molecule has 0 aliphatic heterocycles. The number of carbonyl (C=O) groups is 1. The largest absolute Gasteiger partial charge is 0.478 e. The third kappa shape index (κ3) is 3.43. The third-order valence-electron chi connectivity index (χ3n) is 2.45. The van der Waals surface area contributed by atoms with Gasteiger partial charge >= 0.3 is 5.97 Å². The highest BCUT2D eigenvalue weighted by atomic mass is 32.2. The molecular weight excluding hydrogens is 272 g/mol. The van der Waals surface area contributed by atoms with Gasteiger partial charge in [0.15, 0.2) is 0 Å². The molecule has 1 atom stereocenters. The molecule has 1 unspecified atom stereocenters. The molecule has 4 N–H and O–H groups in total. The molecule has 1 aromatic rings. The fourth-order valence-electron chi connectivity index (χ4n) is 1.57. The molecule has 0 fully saturated rings. The van der Waals surface area contributed by atoms with E-state index in [1.165, 1.54) is 20.0 Å². The van der Waals surface area contributed by atoms with Crippen LogP contribution in [0, 0.1) is 0 Å². The second kappa shape index (κ2) is 5.55. The summed E-state index contributed by atoms with van der Waals surface area (Å²) in [4.78, 5) is 10.7. The predicted octanol–water partition coefficient (Wildman–Crippen LogP) is -0.0317. The van der Waals surface area contributed by atoms with Crippen LogP contribution in [0.1, 0.15) is 17.3 Å². The van der Waals surface area contributed by atoms with E-state index in [0.717, 1.165) is 16.4 Å². The molecule has 0 radical (unpaired) electrons. The zero-order valence-electron chi connectivity index (χ0n) is 10.6. The molecule has 0 spiro atoms. The Kier molecular flexibility index (Phi) is 4.51. The molecule has 7 nitrogen and oxygen atoms in total. The van der Waals surface area contributed by atoms with Gasteiger partial charge < -0.3 is 15.9 Å². The van der Waals surface area contributed by atoms with Gasteiger partial charge in [0.25, 0.3) is 0 Å². The Balaban J connectivity index is 3.35. The van der Waals surface area contributed by atoms with E-state index in [-0.39, 0.29) is 22.7 Å². The first-order valence-corrected chi connectivity index (χ1v) is 6.87. The SMILES string of the molecule is CC(O)CN(C)S(=O)(=O)c1cc(N)ccc1C(=O)O. The Morgan fingerprint density at radius 2 is 2.05 bits per heavy atom. The Morgan fingerprint density at radius 1 is 1.47 bits per heavy atom. The first-order valence-electron chi connectivity index (χ1n) is 5.43. The number of aromatic carboxylic acids is 1. The van der Waals surface area contributed by atoms with Crippen LogP contribution in [0.25, 0.3) is 0 Å². The Bertz CT molecular complexity index is 583. The van der Waals surface area contributed by atoms with Gasteiger partial charge in [-0.3, -0.25) is 0 Å². The van der Waals surface area contributed by atoms with Crippen molar-refractivity contribution in [2.75, 3.05) is 19.3 Å². The van der Waals surface area contributed by atoms with Gasteiger partial charge in [-0.15, -0.1) is 0 Å². The van der Waals surface area contributed by atoms with Crippen molar-refractivity contribution in [1.29, 1.82) is 0 Å². The summed E-state index contributed by atoms with van der Waals surface area (Å²) in [6.45, 7) is 1.29. The lowest BCUT2D eigenvalue weighted by molar-refractivity contribution is 0.0692. The van der Waals surface area contributed by atoms with Crippen LogP contribution in [0.2, 0.25) is 0 Å². The number of nitrogen functional groups attached to an aromatic ring is 1. The molecule has 0 bridgehead atoms. The number of sulfonamides is 1. The van der Waals surface area contributed by atoms with E-state index in [9.17, 15) is 18.3 Å². The summed E-state index contributed by atoms with van der Waals surface area (Å²) in [6, 6.07) is 3.55. The van der Waals surface area contributed by atoms with Crippen molar-refractivity contribution in [2.45, 2.75) is 17.9 Å². The summed E-state index contributed by atoms with van der Waals surface area (Å²) in [7, 11) is -2.76. The highest BCUT2D eigenvalue weighted by Crippen LogP contribution is 2.22. The highest BCUT2D eigenvalue weighted by molar-refractivity contribution is 7.89. The Morgan fingerprint density at radius 3 is 2.53 bits per heavy atom. The van der Waals surface area contributed by atoms with E-state index >= 15 is 0 Å². The first kappa shape index (κ1) is 15.4. The van der Waals surface area contributed by atoms with Crippen LogP contribution in [0.15, 0.2) is 23.1 Å². The molecule has 19 heavy (non-hydrogen) atoms. The quantitative estimate of drug-likeness (QED) is 0.654. The smallest absolute Gasteiger partial charge is 0.337 e. The molecule has 0 amide bonds. The first-order chi connectivity index (χ1) is 8.66. The normalized spacial score (nSPS) is 13.5. The lowest BCUT2D eigenvalue weighted by Crippen LogP contribution is -2.34. The predicted molar refractivity (Wildman–Crippen MR) is 69.3 cm³/mol. The minimum atomic E-state index is -4.02. The van der Waals surface area contributed by atoms with E-state index in [4.69, 9.17) is 10.8 Å². The van der Waals surface area contributed by atoms with Crippen molar-refractivity contribution in [3.05, 3.63) is 23.8 Å². The standard InChI is InChI=1S/C11H16N2O5S/c1-7(14)6-13(2)19(17,18)10-5-8(12)3-4-9(10)11(15)16/h3-5,7,14H,6,12H2,1-2H3,(H,15,16). The summed E-state index contributed by atoms with van der Waals surface area (Å²) in [5, 5.41) is 18.2. The number of rotatable bonds is 5. The molecule has 1 aromatic carbocycles. The van der Waals surface area contributed by atoms with Crippen LogP contribution in [0.4, 0.5) is 5.69 Å². The van der Waals surface area contributed by atoms with Crippen LogP contribution in [0.3, 0.4) is 0 Å². The van der Waals surface area contributed by atoms with Gasteiger partial charge in [-0.25, -0.2) is 13.2 Å². The van der Waals surface area contributed by atoms with Crippen molar-refractivity contribution < 1.29 is 23.4 Å². The number of hydrogen-bond donors (Lipinski definition) is 3. The lowest BCUT2D eigenvalue weighted by Gasteiger charge is -2.19. The van der Waals surface area contributed by atoms with Crippen molar-refractivity contribution in [3.8, 4) is 0 Å². The molecule has 1 rings (SSSR count). The molecule has 0 saturated heterocycles. The van der Waals surface area contributed by atoms with E-state index in [0.29, 0.717) is 0 Å². The molecule has 8 heteroatoms. The fourth-order valence-corrected chi connectivity index (χ4v) is 3.03. The summed E-state index contributed by atoms with van der Waals surface area (Å²) in [6.07, 6.45) is -0.867. The molecule has 106 valence electrons. The monoisotopic (exact) mass is 288 g/mol. The molecule has 0 heterocycles. The molecule has 0 saturated carbocycles. The number of nitrogens with two attached hydrogens (primary N) is 1. The van der Waals surface area contributed by atoms with Crippen LogP contribution < -0.4 is 5.73 Å².